The Morgan fingerprint density at radius 2 is 2.33 bits per heavy atom. The number of ether oxygens (including phenoxy) is 1. The quantitative estimate of drug-likeness (QED) is 0.766. The second kappa shape index (κ2) is 4.98. The molecule has 0 radical (unpaired) electrons. The lowest BCUT2D eigenvalue weighted by Crippen LogP contribution is -2.20. The maximum atomic E-state index is 5.20. The molecule has 1 saturated carbocycles. The SMILES string of the molecule is COc1ccc2nc(CCNCC3CC3)[nH]c2c1. The van der Waals surface area contributed by atoms with Crippen LogP contribution in [0.5, 0.6) is 5.75 Å². The number of nitrogens with one attached hydrogen (secondary N) is 2. The number of benzene rings is 1. The lowest BCUT2D eigenvalue weighted by molar-refractivity contribution is 0.415. The Bertz CT molecular complexity index is 531. The highest BCUT2D eigenvalue weighted by Gasteiger charge is 2.20. The van der Waals surface area contributed by atoms with Gasteiger partial charge in [-0.05, 0) is 37.4 Å². The number of nitrogens with zero attached hydrogens (tertiary/aromatic N) is 1. The molecule has 1 aromatic heterocycles. The minimum absolute atomic E-state index is 0.865. The first kappa shape index (κ1) is 11.5. The maximum Gasteiger partial charge on any atom is 0.121 e. The van der Waals surface area contributed by atoms with Gasteiger partial charge in [-0.1, -0.05) is 0 Å². The lowest BCUT2D eigenvalue weighted by Gasteiger charge is -2.00. The number of rotatable bonds is 6. The number of fused-ring (bicyclic) bond motifs is 1. The third kappa shape index (κ3) is 2.64. The Morgan fingerprint density at radius 3 is 3.11 bits per heavy atom. The van der Waals surface area contributed by atoms with Crippen molar-refractivity contribution in [2.24, 2.45) is 5.92 Å². The number of hydrogen-bond donors (Lipinski definition) is 2. The highest BCUT2D eigenvalue weighted by molar-refractivity contribution is 5.76. The molecular formula is C14H19N3O. The van der Waals surface area contributed by atoms with E-state index in [1.807, 2.05) is 18.2 Å². The molecule has 0 bridgehead atoms. The van der Waals surface area contributed by atoms with Crippen LogP contribution < -0.4 is 10.1 Å². The van der Waals surface area contributed by atoms with E-state index in [1.54, 1.807) is 7.11 Å². The first-order chi connectivity index (χ1) is 8.85. The molecule has 0 spiro atoms. The normalized spacial score (nSPS) is 15.2. The minimum atomic E-state index is 0.865. The van der Waals surface area contributed by atoms with Crippen LogP contribution in [0.15, 0.2) is 18.2 Å². The Hall–Kier alpha value is -1.55. The topological polar surface area (TPSA) is 49.9 Å². The van der Waals surface area contributed by atoms with E-state index in [-0.39, 0.29) is 0 Å². The molecule has 3 rings (SSSR count). The molecule has 4 heteroatoms. The maximum absolute atomic E-state index is 5.20. The summed E-state index contributed by atoms with van der Waals surface area (Å²) in [5.74, 6) is 2.84. The van der Waals surface area contributed by atoms with Crippen LogP contribution >= 0.6 is 0 Å². The van der Waals surface area contributed by atoms with Gasteiger partial charge in [0.1, 0.15) is 11.6 Å². The molecule has 1 aliphatic rings. The second-order valence-electron chi connectivity index (χ2n) is 4.96. The van der Waals surface area contributed by atoms with E-state index in [0.29, 0.717) is 0 Å². The fraction of sp³-hybridized carbons (Fsp3) is 0.500. The predicted octanol–water partition coefficient (Wildman–Crippen LogP) is 2.11. The zero-order valence-electron chi connectivity index (χ0n) is 10.7. The summed E-state index contributed by atoms with van der Waals surface area (Å²) in [4.78, 5) is 7.91. The van der Waals surface area contributed by atoms with E-state index in [0.717, 1.165) is 48.0 Å². The Kier molecular flexibility index (Phi) is 3.19. The van der Waals surface area contributed by atoms with Gasteiger partial charge in [0.15, 0.2) is 0 Å². The van der Waals surface area contributed by atoms with Crippen molar-refractivity contribution >= 4 is 11.0 Å². The van der Waals surface area contributed by atoms with Crippen molar-refractivity contribution in [2.75, 3.05) is 20.2 Å². The van der Waals surface area contributed by atoms with Crippen LogP contribution in [0.25, 0.3) is 11.0 Å². The molecule has 18 heavy (non-hydrogen) atoms. The summed E-state index contributed by atoms with van der Waals surface area (Å²) in [7, 11) is 1.68. The first-order valence-electron chi connectivity index (χ1n) is 6.58. The minimum Gasteiger partial charge on any atom is -0.497 e. The summed E-state index contributed by atoms with van der Waals surface area (Å²) < 4.78 is 5.20. The Labute approximate surface area is 107 Å². The molecule has 96 valence electrons. The summed E-state index contributed by atoms with van der Waals surface area (Å²) >= 11 is 0. The smallest absolute Gasteiger partial charge is 0.121 e. The fourth-order valence-corrected chi connectivity index (χ4v) is 2.12. The molecule has 2 aromatic rings. The molecule has 0 saturated heterocycles. The van der Waals surface area contributed by atoms with E-state index in [2.05, 4.69) is 15.3 Å². The second-order valence-corrected chi connectivity index (χ2v) is 4.96. The van der Waals surface area contributed by atoms with Crippen molar-refractivity contribution < 1.29 is 4.74 Å². The van der Waals surface area contributed by atoms with Crippen molar-refractivity contribution in [1.29, 1.82) is 0 Å². The van der Waals surface area contributed by atoms with Gasteiger partial charge < -0.3 is 15.0 Å². The summed E-state index contributed by atoms with van der Waals surface area (Å²) in [6.45, 7) is 2.15. The predicted molar refractivity (Wildman–Crippen MR) is 71.9 cm³/mol. The van der Waals surface area contributed by atoms with Gasteiger partial charge in [-0.25, -0.2) is 4.98 Å². The number of imidazole rings is 1. The molecular weight excluding hydrogens is 226 g/mol. The Balaban J connectivity index is 1.60. The first-order valence-corrected chi connectivity index (χ1v) is 6.58. The van der Waals surface area contributed by atoms with E-state index in [9.17, 15) is 0 Å². The largest absolute Gasteiger partial charge is 0.497 e. The zero-order valence-corrected chi connectivity index (χ0v) is 10.7. The number of aromatic nitrogens is 2. The summed E-state index contributed by atoms with van der Waals surface area (Å²) in [5, 5.41) is 3.48. The van der Waals surface area contributed by atoms with Crippen LogP contribution in [-0.2, 0) is 6.42 Å². The monoisotopic (exact) mass is 245 g/mol. The van der Waals surface area contributed by atoms with Crippen LogP contribution in [0.4, 0.5) is 0 Å². The average molecular weight is 245 g/mol. The molecule has 4 nitrogen and oxygen atoms in total. The van der Waals surface area contributed by atoms with Crippen LogP contribution in [0.1, 0.15) is 18.7 Å². The molecule has 2 N–H and O–H groups in total. The van der Waals surface area contributed by atoms with Crippen LogP contribution in [-0.4, -0.2) is 30.2 Å². The zero-order chi connectivity index (χ0) is 12.4. The molecule has 0 amide bonds. The Morgan fingerprint density at radius 1 is 1.44 bits per heavy atom. The molecule has 1 fully saturated rings. The van der Waals surface area contributed by atoms with Gasteiger partial charge in [-0.3, -0.25) is 0 Å². The van der Waals surface area contributed by atoms with Gasteiger partial charge in [-0.15, -0.1) is 0 Å². The highest BCUT2D eigenvalue weighted by Crippen LogP contribution is 2.27. The molecule has 1 aromatic carbocycles. The van der Waals surface area contributed by atoms with E-state index in [1.165, 1.54) is 12.8 Å². The van der Waals surface area contributed by atoms with Gasteiger partial charge in [0, 0.05) is 19.0 Å². The van der Waals surface area contributed by atoms with E-state index >= 15 is 0 Å². The van der Waals surface area contributed by atoms with Gasteiger partial charge in [0.2, 0.25) is 0 Å². The van der Waals surface area contributed by atoms with Crippen LogP contribution in [0.3, 0.4) is 0 Å². The van der Waals surface area contributed by atoms with E-state index in [4.69, 9.17) is 4.74 Å². The van der Waals surface area contributed by atoms with Crippen molar-refractivity contribution in [3.05, 3.63) is 24.0 Å². The van der Waals surface area contributed by atoms with Crippen LogP contribution in [0, 0.1) is 5.92 Å². The molecule has 1 aliphatic carbocycles. The average Bonchev–Trinajstić information content (AvgIpc) is 3.12. The summed E-state index contributed by atoms with van der Waals surface area (Å²) in [6, 6.07) is 5.92. The summed E-state index contributed by atoms with van der Waals surface area (Å²) in [5.41, 5.74) is 2.06. The molecule has 0 unspecified atom stereocenters. The van der Waals surface area contributed by atoms with Crippen molar-refractivity contribution in [3.63, 3.8) is 0 Å². The number of aromatic amines is 1. The van der Waals surface area contributed by atoms with Crippen molar-refractivity contribution in [2.45, 2.75) is 19.3 Å². The third-order valence-corrected chi connectivity index (χ3v) is 3.41. The van der Waals surface area contributed by atoms with Gasteiger partial charge in [0.05, 0.1) is 18.1 Å². The highest BCUT2D eigenvalue weighted by atomic mass is 16.5. The lowest BCUT2D eigenvalue weighted by atomic mass is 10.3. The fourth-order valence-electron chi connectivity index (χ4n) is 2.12. The number of hydrogen-bond acceptors (Lipinski definition) is 3. The number of methoxy groups -OCH3 is 1. The molecule has 0 aliphatic heterocycles. The van der Waals surface area contributed by atoms with Gasteiger partial charge in [-0.2, -0.15) is 0 Å². The van der Waals surface area contributed by atoms with Gasteiger partial charge in [0.25, 0.3) is 0 Å². The molecule has 0 atom stereocenters. The van der Waals surface area contributed by atoms with E-state index < -0.39 is 0 Å². The van der Waals surface area contributed by atoms with Gasteiger partial charge >= 0.3 is 0 Å². The van der Waals surface area contributed by atoms with Crippen molar-refractivity contribution in [3.8, 4) is 5.75 Å². The van der Waals surface area contributed by atoms with Crippen molar-refractivity contribution in [1.82, 2.24) is 15.3 Å². The number of H-pyrrole nitrogens is 1. The third-order valence-electron chi connectivity index (χ3n) is 3.41. The van der Waals surface area contributed by atoms with Crippen LogP contribution in [0.2, 0.25) is 0 Å². The summed E-state index contributed by atoms with van der Waals surface area (Å²) in [6.07, 6.45) is 3.75. The standard InChI is InChI=1S/C14H19N3O/c1-18-11-4-5-12-13(8-11)17-14(16-12)6-7-15-9-10-2-3-10/h4-5,8,10,15H,2-3,6-7,9H2,1H3,(H,16,17). The molecule has 1 heterocycles.